The van der Waals surface area contributed by atoms with Crippen LogP contribution in [-0.2, 0) is 9.59 Å². The second kappa shape index (κ2) is 8.65. The van der Waals surface area contributed by atoms with Crippen LogP contribution in [-0.4, -0.2) is 84.8 Å². The Kier molecular flexibility index (Phi) is 6.10. The summed E-state index contributed by atoms with van der Waals surface area (Å²) in [4.78, 5) is 44.7. The molecule has 0 unspecified atom stereocenters. The van der Waals surface area contributed by atoms with Crippen LogP contribution in [0.1, 0.15) is 43.7 Å². The van der Waals surface area contributed by atoms with Crippen LogP contribution in [0, 0.1) is 17.3 Å². The van der Waals surface area contributed by atoms with Gasteiger partial charge in [0.15, 0.2) is 5.76 Å². The topological polar surface area (TPSA) is 86.1 Å². The van der Waals surface area contributed by atoms with Crippen molar-refractivity contribution in [2.75, 3.05) is 46.3 Å². The number of piperidine rings is 1. The van der Waals surface area contributed by atoms with Gasteiger partial charge in [-0.2, -0.15) is 0 Å². The summed E-state index contributed by atoms with van der Waals surface area (Å²) in [6, 6.07) is 2.65. The largest absolute Gasteiger partial charge is 0.459 e. The number of hydrogen-bond donors (Lipinski definition) is 1. The third-order valence-corrected chi connectivity index (χ3v) is 7.34. The molecule has 3 heterocycles. The van der Waals surface area contributed by atoms with Crippen molar-refractivity contribution < 1.29 is 18.8 Å². The van der Waals surface area contributed by atoms with Crippen LogP contribution in [0.2, 0.25) is 0 Å². The van der Waals surface area contributed by atoms with Crippen molar-refractivity contribution in [2.45, 2.75) is 39.2 Å². The molecule has 3 fully saturated rings. The predicted octanol–water partition coefficient (Wildman–Crippen LogP) is 1.44. The molecule has 31 heavy (non-hydrogen) atoms. The third kappa shape index (κ3) is 4.49. The Morgan fingerprint density at radius 3 is 2.32 bits per heavy atom. The molecule has 0 bridgehead atoms. The van der Waals surface area contributed by atoms with Gasteiger partial charge in [-0.05, 0) is 49.8 Å². The molecular formula is C23H34N4O4. The lowest BCUT2D eigenvalue weighted by atomic mass is 9.89. The molecule has 1 saturated carbocycles. The molecule has 0 aromatic carbocycles. The van der Waals surface area contributed by atoms with Crippen molar-refractivity contribution >= 4 is 17.7 Å². The van der Waals surface area contributed by atoms with Crippen molar-refractivity contribution in [3.63, 3.8) is 0 Å². The van der Waals surface area contributed by atoms with E-state index in [1.807, 2.05) is 23.6 Å². The number of carbonyl (C=O) groups excluding carboxylic acids is 3. The van der Waals surface area contributed by atoms with Crippen molar-refractivity contribution in [3.05, 3.63) is 24.2 Å². The minimum Gasteiger partial charge on any atom is -0.459 e. The molecule has 1 aliphatic carbocycles. The van der Waals surface area contributed by atoms with E-state index in [0.717, 1.165) is 45.4 Å². The molecule has 4 rings (SSSR count). The second-order valence-electron chi connectivity index (χ2n) is 9.75. The summed E-state index contributed by atoms with van der Waals surface area (Å²) >= 11 is 0. The Balaban J connectivity index is 1.31. The fraction of sp³-hybridized carbons (Fsp3) is 0.696. The molecule has 3 amide bonds. The molecule has 2 saturated heterocycles. The molecule has 2 aliphatic heterocycles. The van der Waals surface area contributed by atoms with Gasteiger partial charge in [0.25, 0.3) is 5.91 Å². The first-order valence-electron chi connectivity index (χ1n) is 11.4. The van der Waals surface area contributed by atoms with E-state index in [1.165, 1.54) is 6.26 Å². The Labute approximate surface area is 183 Å². The molecule has 1 N–H and O–H groups in total. The fourth-order valence-electron chi connectivity index (χ4n) is 5.00. The molecule has 1 aromatic rings. The number of rotatable bonds is 5. The summed E-state index contributed by atoms with van der Waals surface area (Å²) in [5.74, 6) is 0.179. The zero-order valence-corrected chi connectivity index (χ0v) is 18.8. The molecule has 3 aliphatic rings. The Bertz CT molecular complexity index is 806. The Hall–Kier alpha value is -2.35. The van der Waals surface area contributed by atoms with Gasteiger partial charge in [-0.15, -0.1) is 0 Å². The standard InChI is InChI=1S/C23H34N4O4/c1-16(2)19(24-20(28)18-5-4-14-31-18)22(30)26-8-6-23(7-9-26)15-17(23)21(29)27-12-10-25(3)11-13-27/h4-5,14,16-17,19H,6-13,15H2,1-3H3,(H,24,28)/t17-,19-/m0/s1. The number of nitrogens with zero attached hydrogens (tertiary/aromatic N) is 3. The highest BCUT2D eigenvalue weighted by molar-refractivity contribution is 5.95. The molecule has 8 heteroatoms. The number of nitrogens with one attached hydrogen (secondary N) is 1. The molecular weight excluding hydrogens is 396 g/mol. The maximum atomic E-state index is 13.2. The van der Waals surface area contributed by atoms with Gasteiger partial charge in [0.2, 0.25) is 11.8 Å². The van der Waals surface area contributed by atoms with E-state index in [0.29, 0.717) is 19.0 Å². The lowest BCUT2D eigenvalue weighted by Gasteiger charge is -2.37. The first kappa shape index (κ1) is 21.9. The monoisotopic (exact) mass is 430 g/mol. The minimum absolute atomic E-state index is 0.0326. The third-order valence-electron chi connectivity index (χ3n) is 7.34. The number of likely N-dealkylation sites (tertiary alicyclic amines) is 1. The lowest BCUT2D eigenvalue weighted by Crippen LogP contribution is -2.53. The van der Waals surface area contributed by atoms with Gasteiger partial charge in [-0.25, -0.2) is 0 Å². The highest BCUT2D eigenvalue weighted by Gasteiger charge is 2.59. The first-order valence-corrected chi connectivity index (χ1v) is 11.4. The summed E-state index contributed by atoms with van der Waals surface area (Å²) < 4.78 is 5.15. The SMILES string of the molecule is CC(C)[C@H](NC(=O)c1ccco1)C(=O)N1CCC2(CC1)C[C@H]2C(=O)N1CCN(C)CC1. The van der Waals surface area contributed by atoms with E-state index in [1.54, 1.807) is 12.1 Å². The molecule has 1 spiro atoms. The van der Waals surface area contributed by atoms with Crippen molar-refractivity contribution in [1.29, 1.82) is 0 Å². The first-order chi connectivity index (χ1) is 14.8. The summed E-state index contributed by atoms with van der Waals surface area (Å²) in [5.41, 5.74) is 0.0714. The molecule has 8 nitrogen and oxygen atoms in total. The van der Waals surface area contributed by atoms with E-state index in [4.69, 9.17) is 4.42 Å². The van der Waals surface area contributed by atoms with Crippen LogP contribution in [0.3, 0.4) is 0 Å². The van der Waals surface area contributed by atoms with Gasteiger partial charge in [0, 0.05) is 45.2 Å². The number of piperazine rings is 1. The van der Waals surface area contributed by atoms with Crippen molar-refractivity contribution in [1.82, 2.24) is 20.0 Å². The van der Waals surface area contributed by atoms with Crippen LogP contribution in [0.4, 0.5) is 0 Å². The van der Waals surface area contributed by atoms with Crippen LogP contribution in [0.25, 0.3) is 0 Å². The van der Waals surface area contributed by atoms with Gasteiger partial charge in [0.1, 0.15) is 6.04 Å². The number of likely N-dealkylation sites (N-methyl/N-ethyl adjacent to an activating group) is 1. The van der Waals surface area contributed by atoms with E-state index in [-0.39, 0.29) is 34.8 Å². The zero-order chi connectivity index (χ0) is 22.2. The zero-order valence-electron chi connectivity index (χ0n) is 18.8. The fourth-order valence-corrected chi connectivity index (χ4v) is 5.00. The lowest BCUT2D eigenvalue weighted by molar-refractivity contribution is -0.137. The van der Waals surface area contributed by atoms with Gasteiger partial charge in [0.05, 0.1) is 6.26 Å². The predicted molar refractivity (Wildman–Crippen MR) is 115 cm³/mol. The average molecular weight is 431 g/mol. The summed E-state index contributed by atoms with van der Waals surface area (Å²) in [5, 5.41) is 2.84. The highest BCUT2D eigenvalue weighted by atomic mass is 16.3. The second-order valence-corrected chi connectivity index (χ2v) is 9.75. The maximum Gasteiger partial charge on any atom is 0.287 e. The number of amides is 3. The Morgan fingerprint density at radius 2 is 1.74 bits per heavy atom. The smallest absolute Gasteiger partial charge is 0.287 e. The van der Waals surface area contributed by atoms with Gasteiger partial charge in [-0.3, -0.25) is 14.4 Å². The van der Waals surface area contributed by atoms with E-state index < -0.39 is 6.04 Å². The quantitative estimate of drug-likeness (QED) is 0.764. The van der Waals surface area contributed by atoms with Gasteiger partial charge < -0.3 is 24.4 Å². The number of carbonyl (C=O) groups is 3. The van der Waals surface area contributed by atoms with Crippen LogP contribution >= 0.6 is 0 Å². The van der Waals surface area contributed by atoms with Crippen molar-refractivity contribution in [3.8, 4) is 0 Å². The van der Waals surface area contributed by atoms with Gasteiger partial charge in [-0.1, -0.05) is 13.8 Å². The minimum atomic E-state index is -0.589. The summed E-state index contributed by atoms with van der Waals surface area (Å²) in [7, 11) is 2.09. The maximum absolute atomic E-state index is 13.2. The van der Waals surface area contributed by atoms with Crippen LogP contribution in [0.5, 0.6) is 0 Å². The summed E-state index contributed by atoms with van der Waals surface area (Å²) in [6.45, 7) is 8.67. The molecule has 170 valence electrons. The normalized spacial score (nSPS) is 24.3. The number of furan rings is 1. The molecule has 2 atom stereocenters. The number of hydrogen-bond acceptors (Lipinski definition) is 5. The van der Waals surface area contributed by atoms with Crippen LogP contribution in [0.15, 0.2) is 22.8 Å². The van der Waals surface area contributed by atoms with Crippen LogP contribution < -0.4 is 5.32 Å². The van der Waals surface area contributed by atoms with E-state index >= 15 is 0 Å². The highest BCUT2D eigenvalue weighted by Crippen LogP contribution is 2.60. The van der Waals surface area contributed by atoms with E-state index in [9.17, 15) is 14.4 Å². The molecule has 1 aromatic heterocycles. The van der Waals surface area contributed by atoms with E-state index in [2.05, 4.69) is 17.3 Å². The molecule has 0 radical (unpaired) electrons. The Morgan fingerprint density at radius 1 is 1.06 bits per heavy atom. The van der Waals surface area contributed by atoms with Crippen molar-refractivity contribution in [2.24, 2.45) is 17.3 Å². The average Bonchev–Trinajstić information content (AvgIpc) is 3.18. The van der Waals surface area contributed by atoms with Gasteiger partial charge >= 0.3 is 0 Å². The summed E-state index contributed by atoms with van der Waals surface area (Å²) in [6.07, 6.45) is 4.11.